The fourth-order valence-electron chi connectivity index (χ4n) is 3.49. The van der Waals surface area contributed by atoms with Crippen LogP contribution in [0.15, 0.2) is 24.3 Å². The van der Waals surface area contributed by atoms with Gasteiger partial charge in [0.2, 0.25) is 11.8 Å². The molecule has 0 aromatic heterocycles. The number of rotatable bonds is 12. The molecule has 0 aliphatic heterocycles. The molecule has 0 saturated heterocycles. The highest BCUT2D eigenvalue weighted by Gasteiger charge is 2.38. The van der Waals surface area contributed by atoms with Crippen molar-refractivity contribution in [3.63, 3.8) is 0 Å². The Morgan fingerprint density at radius 3 is 2.33 bits per heavy atom. The van der Waals surface area contributed by atoms with Gasteiger partial charge in [-0.15, -0.1) is 0 Å². The molecule has 0 spiro atoms. The average Bonchev–Trinajstić information content (AvgIpc) is 2.81. The van der Waals surface area contributed by atoms with Crippen LogP contribution in [0.2, 0.25) is 0 Å². The summed E-state index contributed by atoms with van der Waals surface area (Å²) >= 11 is 0. The number of phenols is 1. The van der Waals surface area contributed by atoms with Crippen molar-refractivity contribution < 1.29 is 33.8 Å². The van der Waals surface area contributed by atoms with Gasteiger partial charge in [-0.2, -0.15) is 0 Å². The predicted molar refractivity (Wildman–Crippen MR) is 135 cm³/mol. The third-order valence-corrected chi connectivity index (χ3v) is 5.57. The monoisotopic (exact) mass is 507 g/mol. The van der Waals surface area contributed by atoms with Crippen molar-refractivity contribution in [2.45, 2.75) is 78.5 Å². The lowest BCUT2D eigenvalue weighted by atomic mass is 9.95. The van der Waals surface area contributed by atoms with Crippen molar-refractivity contribution >= 4 is 23.9 Å². The van der Waals surface area contributed by atoms with E-state index in [1.54, 1.807) is 32.9 Å². The Morgan fingerprint density at radius 2 is 1.81 bits per heavy atom. The highest BCUT2D eigenvalue weighted by molar-refractivity contribution is 5.93. The number of alkyl carbamates (subject to hydrolysis) is 1. The molecule has 36 heavy (non-hydrogen) atoms. The van der Waals surface area contributed by atoms with Gasteiger partial charge in [-0.25, -0.2) is 4.79 Å². The van der Waals surface area contributed by atoms with Crippen LogP contribution in [0.4, 0.5) is 4.79 Å². The molecule has 202 valence electrons. The molecule has 0 saturated carbocycles. The number of nitrogens with one attached hydrogen (secondary N) is 2. The number of carbonyl (C=O) groups excluding carboxylic acids is 4. The molecule has 10 nitrogen and oxygen atoms in total. The van der Waals surface area contributed by atoms with Crippen LogP contribution in [0, 0.1) is 5.92 Å². The Kier molecular flexibility index (Phi) is 12.2. The maximum Gasteiger partial charge on any atom is 0.408 e. The van der Waals surface area contributed by atoms with Crippen molar-refractivity contribution in [2.24, 2.45) is 5.92 Å². The number of amides is 3. The lowest BCUT2D eigenvalue weighted by Crippen LogP contribution is -2.55. The molecule has 0 heterocycles. The van der Waals surface area contributed by atoms with Gasteiger partial charge in [-0.1, -0.05) is 45.7 Å². The molecule has 0 fully saturated rings. The van der Waals surface area contributed by atoms with Crippen LogP contribution in [0.1, 0.15) is 72.4 Å². The van der Waals surface area contributed by atoms with Crippen LogP contribution in [-0.4, -0.2) is 65.7 Å². The Hall–Kier alpha value is -3.30. The van der Waals surface area contributed by atoms with E-state index in [0.717, 1.165) is 6.42 Å². The van der Waals surface area contributed by atoms with Gasteiger partial charge in [0, 0.05) is 6.54 Å². The number of phenolic OH excluding ortho intramolecular Hbond substituents is 1. The molecule has 3 N–H and O–H groups in total. The smallest absolute Gasteiger partial charge is 0.408 e. The number of nitrogens with zero attached hydrogens (tertiary/aromatic N) is 1. The SMILES string of the molecule is CCCCN(C(=O)C(NC(=O)OC(C)(C)C)C(C)CC)C(C(=O)NCC(=O)OC)c1cccc(O)c1. The molecule has 3 unspecified atom stereocenters. The van der Waals surface area contributed by atoms with Crippen molar-refractivity contribution in [3.8, 4) is 5.75 Å². The van der Waals surface area contributed by atoms with Gasteiger partial charge >= 0.3 is 12.1 Å². The number of unbranched alkanes of at least 4 members (excludes halogenated alkanes) is 1. The van der Waals surface area contributed by atoms with Crippen LogP contribution in [-0.2, 0) is 23.9 Å². The standard InChI is InChI=1S/C26H41N3O7/c1-8-10-14-29(24(33)21(17(3)9-2)28-25(34)36-26(4,5)6)22(18-12-11-13-19(30)15-18)23(32)27-16-20(31)35-7/h11-13,15,17,21-22,30H,8-10,14,16H2,1-7H3,(H,27,32)(H,28,34). The minimum atomic E-state index is -1.16. The Labute approximate surface area is 213 Å². The molecule has 0 aliphatic rings. The van der Waals surface area contributed by atoms with Crippen molar-refractivity contribution in [2.75, 3.05) is 20.2 Å². The summed E-state index contributed by atoms with van der Waals surface area (Å²) in [5.74, 6) is -2.07. The Balaban J connectivity index is 3.48. The number of esters is 1. The highest BCUT2D eigenvalue weighted by Crippen LogP contribution is 2.27. The zero-order valence-electron chi connectivity index (χ0n) is 22.4. The summed E-state index contributed by atoms with van der Waals surface area (Å²) in [6.45, 7) is 10.7. The topological polar surface area (TPSA) is 134 Å². The molecular weight excluding hydrogens is 466 g/mol. The zero-order chi connectivity index (χ0) is 27.5. The first-order valence-electron chi connectivity index (χ1n) is 12.3. The molecular formula is C26H41N3O7. The number of hydrogen-bond acceptors (Lipinski definition) is 7. The van der Waals surface area contributed by atoms with Crippen LogP contribution < -0.4 is 10.6 Å². The molecule has 1 aromatic carbocycles. The van der Waals surface area contributed by atoms with Crippen LogP contribution >= 0.6 is 0 Å². The molecule has 3 amide bonds. The molecule has 1 rings (SSSR count). The molecule has 0 aliphatic carbocycles. The maximum absolute atomic E-state index is 14.0. The third-order valence-electron chi connectivity index (χ3n) is 5.57. The number of ether oxygens (including phenoxy) is 2. The normalized spacial score (nSPS) is 13.6. The van der Waals surface area contributed by atoms with Gasteiger partial charge in [0.15, 0.2) is 0 Å². The van der Waals surface area contributed by atoms with Gasteiger partial charge in [0.1, 0.15) is 30.0 Å². The minimum Gasteiger partial charge on any atom is -0.508 e. The summed E-state index contributed by atoms with van der Waals surface area (Å²) in [6, 6.07) is 3.92. The molecule has 3 atom stereocenters. The van der Waals surface area contributed by atoms with E-state index in [-0.39, 0.29) is 24.8 Å². The van der Waals surface area contributed by atoms with Crippen LogP contribution in [0.3, 0.4) is 0 Å². The van der Waals surface area contributed by atoms with Crippen LogP contribution in [0.25, 0.3) is 0 Å². The van der Waals surface area contributed by atoms with Gasteiger partial charge in [-0.05, 0) is 50.8 Å². The number of benzene rings is 1. The summed E-state index contributed by atoms with van der Waals surface area (Å²) in [6.07, 6.45) is 1.18. The third kappa shape index (κ3) is 9.75. The summed E-state index contributed by atoms with van der Waals surface area (Å²) < 4.78 is 9.99. The van der Waals surface area contributed by atoms with Crippen molar-refractivity contribution in [3.05, 3.63) is 29.8 Å². The van der Waals surface area contributed by atoms with Gasteiger partial charge in [-0.3, -0.25) is 14.4 Å². The Morgan fingerprint density at radius 1 is 1.14 bits per heavy atom. The highest BCUT2D eigenvalue weighted by atomic mass is 16.6. The quantitative estimate of drug-likeness (QED) is 0.370. The van der Waals surface area contributed by atoms with E-state index < -0.39 is 41.6 Å². The summed E-state index contributed by atoms with van der Waals surface area (Å²) in [5, 5.41) is 15.3. The molecule has 0 radical (unpaired) electrons. The van der Waals surface area contributed by atoms with Crippen molar-refractivity contribution in [1.82, 2.24) is 15.5 Å². The Bertz CT molecular complexity index is 898. The second kappa shape index (κ2) is 14.3. The second-order valence-electron chi connectivity index (χ2n) is 9.69. The molecule has 10 heteroatoms. The minimum absolute atomic E-state index is 0.0773. The second-order valence-corrected chi connectivity index (χ2v) is 9.69. The summed E-state index contributed by atoms with van der Waals surface area (Å²) in [7, 11) is 1.21. The molecule has 0 bridgehead atoms. The number of methoxy groups -OCH3 is 1. The first-order chi connectivity index (χ1) is 16.8. The lowest BCUT2D eigenvalue weighted by Gasteiger charge is -2.36. The molecule has 1 aromatic rings. The van der Waals surface area contributed by atoms with E-state index >= 15 is 0 Å². The summed E-state index contributed by atoms with van der Waals surface area (Å²) in [5.41, 5.74) is -0.394. The predicted octanol–water partition coefficient (Wildman–Crippen LogP) is 3.29. The average molecular weight is 508 g/mol. The van der Waals surface area contributed by atoms with E-state index in [2.05, 4.69) is 15.4 Å². The fraction of sp³-hybridized carbons (Fsp3) is 0.615. The van der Waals surface area contributed by atoms with Gasteiger partial charge < -0.3 is 30.1 Å². The zero-order valence-corrected chi connectivity index (χ0v) is 22.4. The fourth-order valence-corrected chi connectivity index (χ4v) is 3.49. The van der Waals surface area contributed by atoms with Gasteiger partial charge in [0.05, 0.1) is 7.11 Å². The van der Waals surface area contributed by atoms with E-state index in [0.29, 0.717) is 18.4 Å². The van der Waals surface area contributed by atoms with E-state index in [4.69, 9.17) is 4.74 Å². The van der Waals surface area contributed by atoms with Crippen molar-refractivity contribution in [1.29, 1.82) is 0 Å². The first-order valence-corrected chi connectivity index (χ1v) is 12.3. The summed E-state index contributed by atoms with van der Waals surface area (Å²) in [4.78, 5) is 53.0. The van der Waals surface area contributed by atoms with Crippen LogP contribution in [0.5, 0.6) is 5.75 Å². The van der Waals surface area contributed by atoms with E-state index in [1.807, 2.05) is 20.8 Å². The van der Waals surface area contributed by atoms with Gasteiger partial charge in [0.25, 0.3) is 0 Å². The first kappa shape index (κ1) is 30.7. The largest absolute Gasteiger partial charge is 0.508 e. The maximum atomic E-state index is 14.0. The number of aromatic hydroxyl groups is 1. The van der Waals surface area contributed by atoms with E-state index in [1.165, 1.54) is 24.1 Å². The van der Waals surface area contributed by atoms with E-state index in [9.17, 15) is 24.3 Å². The number of carbonyl (C=O) groups is 4. The number of hydrogen-bond donors (Lipinski definition) is 3. The lowest BCUT2D eigenvalue weighted by molar-refractivity contribution is -0.145.